The van der Waals surface area contributed by atoms with Crippen molar-refractivity contribution in [3.63, 3.8) is 0 Å². The first-order chi connectivity index (χ1) is 11.9. The monoisotopic (exact) mass is 346 g/mol. The molecule has 6 heteroatoms. The van der Waals surface area contributed by atoms with Gasteiger partial charge in [0.15, 0.2) is 0 Å². The van der Waals surface area contributed by atoms with E-state index in [1.165, 1.54) is 18.2 Å². The number of aliphatic hydroxyl groups is 1. The molecule has 1 saturated carbocycles. The average molecular weight is 346 g/mol. The molecule has 130 valence electrons. The summed E-state index contributed by atoms with van der Waals surface area (Å²) in [6, 6.07) is 7.93. The molecule has 3 aromatic rings. The Balaban J connectivity index is 1.91. The number of hydrogen-bond acceptors (Lipinski definition) is 2. The highest BCUT2D eigenvalue weighted by molar-refractivity contribution is 5.92. The van der Waals surface area contributed by atoms with Crippen molar-refractivity contribution in [3.8, 4) is 11.3 Å². The van der Waals surface area contributed by atoms with E-state index in [0.29, 0.717) is 29.5 Å². The van der Waals surface area contributed by atoms with E-state index in [4.69, 9.17) is 5.73 Å². The van der Waals surface area contributed by atoms with E-state index in [0.717, 1.165) is 11.6 Å². The molecule has 4 N–H and O–H groups in total. The summed E-state index contributed by atoms with van der Waals surface area (Å²) >= 11 is 0. The maximum absolute atomic E-state index is 14.2. The van der Waals surface area contributed by atoms with Crippen molar-refractivity contribution in [2.75, 3.05) is 6.54 Å². The zero-order valence-electron chi connectivity index (χ0n) is 13.3. The molecule has 25 heavy (non-hydrogen) atoms. The van der Waals surface area contributed by atoms with E-state index in [1.807, 2.05) is 0 Å². The predicted octanol–water partition coefficient (Wildman–Crippen LogP) is 3.82. The summed E-state index contributed by atoms with van der Waals surface area (Å²) in [6.07, 6.45) is 0.839. The molecule has 4 rings (SSSR count). The van der Waals surface area contributed by atoms with Crippen molar-refractivity contribution in [3.05, 3.63) is 59.4 Å². The summed E-state index contributed by atoms with van der Waals surface area (Å²) in [7, 11) is 0. The summed E-state index contributed by atoms with van der Waals surface area (Å²) in [5.74, 6) is -1.80. The molecule has 2 aromatic carbocycles. The van der Waals surface area contributed by atoms with Gasteiger partial charge in [-0.3, -0.25) is 0 Å². The lowest BCUT2D eigenvalue weighted by molar-refractivity contribution is -0.0396. The van der Waals surface area contributed by atoms with Crippen molar-refractivity contribution in [1.82, 2.24) is 4.98 Å². The maximum atomic E-state index is 14.2. The van der Waals surface area contributed by atoms with E-state index in [9.17, 15) is 18.3 Å². The Labute approximate surface area is 142 Å². The second-order valence-electron chi connectivity index (χ2n) is 6.76. The van der Waals surface area contributed by atoms with Crippen LogP contribution in [0.5, 0.6) is 0 Å². The third-order valence-corrected chi connectivity index (χ3v) is 5.04. The van der Waals surface area contributed by atoms with Gasteiger partial charge in [-0.25, -0.2) is 13.2 Å². The lowest BCUT2D eigenvalue weighted by atomic mass is 9.67. The van der Waals surface area contributed by atoms with Gasteiger partial charge in [0.25, 0.3) is 0 Å². The highest BCUT2D eigenvalue weighted by Gasteiger charge is 2.44. The van der Waals surface area contributed by atoms with Crippen LogP contribution in [-0.4, -0.2) is 22.2 Å². The van der Waals surface area contributed by atoms with Crippen LogP contribution in [0.15, 0.2) is 36.4 Å². The smallest absolute Gasteiger partial charge is 0.150 e. The van der Waals surface area contributed by atoms with Gasteiger partial charge in [-0.2, -0.15) is 0 Å². The van der Waals surface area contributed by atoms with Crippen molar-refractivity contribution in [2.24, 2.45) is 5.73 Å². The minimum atomic E-state index is -0.944. The molecule has 1 heterocycles. The summed E-state index contributed by atoms with van der Waals surface area (Å²) in [5.41, 5.74) is 6.88. The molecule has 0 bridgehead atoms. The van der Waals surface area contributed by atoms with Gasteiger partial charge >= 0.3 is 0 Å². The molecule has 0 aliphatic heterocycles. The number of halogens is 3. The number of nitrogens with two attached hydrogens (primary N) is 1. The number of nitrogens with one attached hydrogen (secondary N) is 1. The Hall–Kier alpha value is -2.31. The Morgan fingerprint density at radius 2 is 1.76 bits per heavy atom. The maximum Gasteiger partial charge on any atom is 0.150 e. The predicted molar refractivity (Wildman–Crippen MR) is 89.6 cm³/mol. The zero-order chi connectivity index (χ0) is 17.8. The van der Waals surface area contributed by atoms with Gasteiger partial charge in [-0.15, -0.1) is 0 Å². The largest absolute Gasteiger partial charge is 0.389 e. The topological polar surface area (TPSA) is 62.0 Å². The van der Waals surface area contributed by atoms with Gasteiger partial charge < -0.3 is 15.8 Å². The minimum Gasteiger partial charge on any atom is -0.389 e. The molecule has 1 aromatic heterocycles. The van der Waals surface area contributed by atoms with Crippen LogP contribution >= 0.6 is 0 Å². The SMILES string of the molecule is NCC1(O)CC(c2c(-c3ccc(F)cc3)[nH]c3c(F)cc(F)cc23)C1. The molecule has 0 spiro atoms. The zero-order valence-corrected chi connectivity index (χ0v) is 13.3. The van der Waals surface area contributed by atoms with E-state index < -0.39 is 17.2 Å². The molecular weight excluding hydrogens is 329 g/mol. The van der Waals surface area contributed by atoms with E-state index in [1.54, 1.807) is 12.1 Å². The van der Waals surface area contributed by atoms with Crippen molar-refractivity contribution in [2.45, 2.75) is 24.4 Å². The summed E-state index contributed by atoms with van der Waals surface area (Å²) < 4.78 is 41.2. The second kappa shape index (κ2) is 5.61. The van der Waals surface area contributed by atoms with Gasteiger partial charge in [0.2, 0.25) is 0 Å². The number of fused-ring (bicyclic) bond motifs is 1. The molecule has 3 nitrogen and oxygen atoms in total. The first kappa shape index (κ1) is 16.2. The lowest BCUT2D eigenvalue weighted by Crippen LogP contribution is -2.48. The molecule has 1 fully saturated rings. The molecule has 0 unspecified atom stereocenters. The minimum absolute atomic E-state index is 0.0800. The van der Waals surface area contributed by atoms with Gasteiger partial charge in [0, 0.05) is 18.0 Å². The van der Waals surface area contributed by atoms with Gasteiger partial charge in [0.1, 0.15) is 17.5 Å². The van der Waals surface area contributed by atoms with Crippen molar-refractivity contribution < 1.29 is 18.3 Å². The summed E-state index contributed by atoms with van der Waals surface area (Å²) in [4.78, 5) is 3.01. The third kappa shape index (κ3) is 2.62. The molecular formula is C19H17F3N2O. The van der Waals surface area contributed by atoms with Crippen LogP contribution < -0.4 is 5.73 Å². The van der Waals surface area contributed by atoms with Crippen LogP contribution in [0.25, 0.3) is 22.2 Å². The third-order valence-electron chi connectivity index (χ3n) is 5.04. The number of benzene rings is 2. The fraction of sp³-hybridized carbons (Fsp3) is 0.263. The van der Waals surface area contributed by atoms with Crippen LogP contribution in [0.1, 0.15) is 24.3 Å². The van der Waals surface area contributed by atoms with Crippen LogP contribution in [-0.2, 0) is 0 Å². The Morgan fingerprint density at radius 3 is 2.40 bits per heavy atom. The fourth-order valence-electron chi connectivity index (χ4n) is 3.74. The van der Waals surface area contributed by atoms with Crippen molar-refractivity contribution in [1.29, 1.82) is 0 Å². The van der Waals surface area contributed by atoms with Crippen LogP contribution in [0.2, 0.25) is 0 Å². The van der Waals surface area contributed by atoms with E-state index in [2.05, 4.69) is 4.98 Å². The number of aromatic nitrogens is 1. The van der Waals surface area contributed by atoms with Crippen LogP contribution in [0.3, 0.4) is 0 Å². The number of hydrogen-bond donors (Lipinski definition) is 3. The van der Waals surface area contributed by atoms with Crippen LogP contribution in [0.4, 0.5) is 13.2 Å². The normalized spacial score (nSPS) is 23.0. The van der Waals surface area contributed by atoms with Gasteiger partial charge in [-0.1, -0.05) is 0 Å². The Morgan fingerprint density at radius 1 is 1.08 bits per heavy atom. The van der Waals surface area contributed by atoms with E-state index in [-0.39, 0.29) is 23.8 Å². The average Bonchev–Trinajstić information content (AvgIpc) is 2.92. The Kier molecular flexibility index (Phi) is 3.63. The molecule has 1 aliphatic rings. The molecule has 0 amide bonds. The standard InChI is InChI=1S/C19H17F3N2O/c20-12-3-1-10(2-4-12)17-16(11-7-19(25,8-11)9-23)14-5-13(21)6-15(22)18(14)24-17/h1-6,11,24-25H,7-9,23H2. The lowest BCUT2D eigenvalue weighted by Gasteiger charge is -2.43. The van der Waals surface area contributed by atoms with Gasteiger partial charge in [-0.05, 0) is 60.2 Å². The molecule has 0 saturated heterocycles. The molecule has 0 atom stereocenters. The highest BCUT2D eigenvalue weighted by Crippen LogP contribution is 2.49. The number of aromatic amines is 1. The highest BCUT2D eigenvalue weighted by atomic mass is 19.1. The first-order valence-corrected chi connectivity index (χ1v) is 8.09. The summed E-state index contributed by atoms with van der Waals surface area (Å²) in [5, 5.41) is 10.7. The Bertz CT molecular complexity index is 943. The molecule has 0 radical (unpaired) electrons. The number of H-pyrrole nitrogens is 1. The second-order valence-corrected chi connectivity index (χ2v) is 6.76. The van der Waals surface area contributed by atoms with E-state index >= 15 is 0 Å². The number of rotatable bonds is 3. The summed E-state index contributed by atoms with van der Waals surface area (Å²) in [6.45, 7) is 0.139. The molecule has 1 aliphatic carbocycles. The van der Waals surface area contributed by atoms with Crippen molar-refractivity contribution >= 4 is 10.9 Å². The quantitative estimate of drug-likeness (QED) is 0.675. The van der Waals surface area contributed by atoms with Crippen LogP contribution in [0, 0.1) is 17.5 Å². The first-order valence-electron chi connectivity index (χ1n) is 8.09. The fourth-order valence-corrected chi connectivity index (χ4v) is 3.74. The van der Waals surface area contributed by atoms with Gasteiger partial charge in [0.05, 0.1) is 16.8 Å².